The molecule has 0 unspecified atom stereocenters. The fourth-order valence-electron chi connectivity index (χ4n) is 6.85. The lowest BCUT2D eigenvalue weighted by molar-refractivity contribution is 1.55. The van der Waals surface area contributed by atoms with E-state index in [1.807, 2.05) is 24.3 Å². The van der Waals surface area contributed by atoms with Crippen LogP contribution >= 0.6 is 0 Å². The molecule has 0 N–H and O–H groups in total. The van der Waals surface area contributed by atoms with Crippen LogP contribution in [-0.2, 0) is 0 Å². The number of benzene rings is 8. The van der Waals surface area contributed by atoms with Crippen LogP contribution in [0.5, 0.6) is 0 Å². The van der Waals surface area contributed by atoms with Gasteiger partial charge in [0.05, 0.1) is 6.57 Å². The Morgan fingerprint density at radius 3 is 1.14 bits per heavy atom. The van der Waals surface area contributed by atoms with Crippen LogP contribution in [0, 0.1) is 6.57 Å². The molecule has 8 aromatic carbocycles. The molecule has 0 spiro atoms. The second-order valence-corrected chi connectivity index (χ2v) is 12.4. The Kier molecular flexibility index (Phi) is 8.42. The summed E-state index contributed by atoms with van der Waals surface area (Å²) in [5.74, 6) is 0. The van der Waals surface area contributed by atoms with Crippen molar-refractivity contribution in [1.82, 2.24) is 0 Å². The van der Waals surface area contributed by atoms with E-state index in [1.54, 1.807) is 0 Å². The van der Waals surface area contributed by atoms with Crippen molar-refractivity contribution >= 4 is 51.0 Å². The van der Waals surface area contributed by atoms with Crippen molar-refractivity contribution in [3.8, 4) is 22.3 Å². The summed E-state index contributed by atoms with van der Waals surface area (Å²) in [7, 11) is 0. The largest absolute Gasteiger partial charge is 0.238 e. The first-order chi connectivity index (χ1) is 24.7. The zero-order valence-corrected chi connectivity index (χ0v) is 27.5. The third kappa shape index (κ3) is 6.15. The Morgan fingerprint density at radius 2 is 0.740 bits per heavy atom. The van der Waals surface area contributed by atoms with Crippen molar-refractivity contribution in [2.45, 2.75) is 0 Å². The molecule has 0 saturated carbocycles. The Balaban J connectivity index is 1.19. The minimum atomic E-state index is 0.655. The van der Waals surface area contributed by atoms with E-state index in [-0.39, 0.29) is 0 Å². The highest BCUT2D eigenvalue weighted by Crippen LogP contribution is 2.43. The van der Waals surface area contributed by atoms with Gasteiger partial charge in [-0.05, 0) is 83.3 Å². The van der Waals surface area contributed by atoms with Crippen LogP contribution in [0.25, 0.3) is 72.4 Å². The molecular weight excluding hydrogens is 603 g/mol. The molecule has 8 rings (SSSR count). The highest BCUT2D eigenvalue weighted by atomic mass is 14.6. The SMILES string of the molecule is [C-]#[N+]c1ccc(C=Cc2ccc(-c3c4ccccc4c(-c4ccc(C=C(c5ccccc5)c5ccccc5)cc4)c4ccccc34)cc2)cc1. The fraction of sp³-hybridized carbons (Fsp3) is 0. The summed E-state index contributed by atoms with van der Waals surface area (Å²) in [6.45, 7) is 7.18. The van der Waals surface area contributed by atoms with Gasteiger partial charge < -0.3 is 0 Å². The molecule has 0 radical (unpaired) electrons. The van der Waals surface area contributed by atoms with E-state index < -0.39 is 0 Å². The van der Waals surface area contributed by atoms with E-state index in [0.717, 1.165) is 16.7 Å². The van der Waals surface area contributed by atoms with E-state index in [9.17, 15) is 0 Å². The summed E-state index contributed by atoms with van der Waals surface area (Å²) in [5, 5.41) is 4.96. The Morgan fingerprint density at radius 1 is 0.380 bits per heavy atom. The topological polar surface area (TPSA) is 4.36 Å². The average molecular weight is 636 g/mol. The predicted molar refractivity (Wildman–Crippen MR) is 214 cm³/mol. The molecule has 0 atom stereocenters. The molecule has 0 amide bonds. The van der Waals surface area contributed by atoms with E-state index in [1.165, 1.54) is 60.5 Å². The Hall–Kier alpha value is -6.75. The first-order valence-corrected chi connectivity index (χ1v) is 16.9. The van der Waals surface area contributed by atoms with Crippen molar-refractivity contribution in [1.29, 1.82) is 0 Å². The highest BCUT2D eigenvalue weighted by Gasteiger charge is 2.16. The maximum absolute atomic E-state index is 7.18. The number of nitrogens with zero attached hydrogens (tertiary/aromatic N) is 1. The van der Waals surface area contributed by atoms with Gasteiger partial charge in [0, 0.05) is 0 Å². The minimum Gasteiger partial charge on any atom is -0.238 e. The second-order valence-electron chi connectivity index (χ2n) is 12.4. The van der Waals surface area contributed by atoms with E-state index in [2.05, 4.69) is 181 Å². The first-order valence-electron chi connectivity index (χ1n) is 16.9. The second kappa shape index (κ2) is 13.8. The van der Waals surface area contributed by atoms with Gasteiger partial charge in [0.15, 0.2) is 5.69 Å². The minimum absolute atomic E-state index is 0.655. The van der Waals surface area contributed by atoms with Gasteiger partial charge in [0.1, 0.15) is 0 Å². The van der Waals surface area contributed by atoms with Crippen molar-refractivity contribution in [2.24, 2.45) is 0 Å². The lowest BCUT2D eigenvalue weighted by atomic mass is 9.85. The van der Waals surface area contributed by atoms with Gasteiger partial charge in [-0.15, -0.1) is 0 Å². The molecule has 0 aromatic heterocycles. The number of hydrogen-bond donors (Lipinski definition) is 0. The third-order valence-corrected chi connectivity index (χ3v) is 9.30. The molecule has 0 aliphatic heterocycles. The molecule has 1 nitrogen and oxygen atoms in total. The summed E-state index contributed by atoms with van der Waals surface area (Å²) in [6.07, 6.45) is 6.50. The number of fused-ring (bicyclic) bond motifs is 2. The quantitative estimate of drug-likeness (QED) is 0.0932. The van der Waals surface area contributed by atoms with Crippen LogP contribution in [0.15, 0.2) is 182 Å². The van der Waals surface area contributed by atoms with Crippen LogP contribution in [-0.4, -0.2) is 0 Å². The summed E-state index contributed by atoms with van der Waals surface area (Å²) < 4.78 is 0. The van der Waals surface area contributed by atoms with Crippen LogP contribution < -0.4 is 0 Å². The fourth-order valence-corrected chi connectivity index (χ4v) is 6.85. The summed E-state index contributed by atoms with van der Waals surface area (Å²) >= 11 is 0. The van der Waals surface area contributed by atoms with Crippen LogP contribution in [0.2, 0.25) is 0 Å². The summed E-state index contributed by atoms with van der Waals surface area (Å²) in [5.41, 5.74) is 12.5. The molecule has 0 aliphatic carbocycles. The average Bonchev–Trinajstić information content (AvgIpc) is 3.19. The number of rotatable bonds is 7. The van der Waals surface area contributed by atoms with Crippen molar-refractivity contribution in [2.75, 3.05) is 0 Å². The van der Waals surface area contributed by atoms with E-state index in [4.69, 9.17) is 6.57 Å². The lowest BCUT2D eigenvalue weighted by Gasteiger charge is -2.18. The lowest BCUT2D eigenvalue weighted by Crippen LogP contribution is -1.91. The third-order valence-electron chi connectivity index (χ3n) is 9.30. The maximum atomic E-state index is 7.18. The van der Waals surface area contributed by atoms with Gasteiger partial charge in [-0.25, -0.2) is 4.85 Å². The van der Waals surface area contributed by atoms with Gasteiger partial charge >= 0.3 is 0 Å². The monoisotopic (exact) mass is 635 g/mol. The standard InChI is InChI=1S/C49H33N/c1-50-42-32-26-36(27-33-42)21-20-35-22-28-40(29-23-35)48-43-16-8-10-18-45(43)49(46-19-11-9-17-44(46)48)41-30-24-37(25-31-41)34-47(38-12-4-2-5-13-38)39-14-6-3-7-15-39/h2-34H. The Labute approximate surface area is 293 Å². The van der Waals surface area contributed by atoms with Crippen LogP contribution in [0.4, 0.5) is 5.69 Å². The molecule has 8 aromatic rings. The molecule has 0 heterocycles. The Bertz CT molecular complexity index is 2430. The maximum Gasteiger partial charge on any atom is 0.187 e. The van der Waals surface area contributed by atoms with Crippen molar-refractivity contribution < 1.29 is 0 Å². The number of hydrogen-bond acceptors (Lipinski definition) is 0. The molecule has 1 heteroatoms. The van der Waals surface area contributed by atoms with Crippen molar-refractivity contribution in [3.63, 3.8) is 0 Å². The van der Waals surface area contributed by atoms with Gasteiger partial charge in [0.2, 0.25) is 0 Å². The highest BCUT2D eigenvalue weighted by molar-refractivity contribution is 6.21. The van der Waals surface area contributed by atoms with Crippen molar-refractivity contribution in [3.05, 3.63) is 221 Å². The van der Waals surface area contributed by atoms with E-state index in [0.29, 0.717) is 5.69 Å². The molecular formula is C49H33N. The molecule has 0 saturated heterocycles. The predicted octanol–water partition coefficient (Wildman–Crippen LogP) is 13.6. The van der Waals surface area contributed by atoms with E-state index >= 15 is 0 Å². The van der Waals surface area contributed by atoms with Crippen LogP contribution in [0.1, 0.15) is 27.8 Å². The molecule has 234 valence electrons. The van der Waals surface area contributed by atoms with Crippen LogP contribution in [0.3, 0.4) is 0 Å². The zero-order valence-electron chi connectivity index (χ0n) is 27.5. The first kappa shape index (κ1) is 30.6. The summed E-state index contributed by atoms with van der Waals surface area (Å²) in [4.78, 5) is 3.49. The zero-order chi connectivity index (χ0) is 33.7. The molecule has 0 fully saturated rings. The molecule has 50 heavy (non-hydrogen) atoms. The van der Waals surface area contributed by atoms with Gasteiger partial charge in [0.25, 0.3) is 0 Å². The smallest absolute Gasteiger partial charge is 0.187 e. The molecule has 0 bridgehead atoms. The summed E-state index contributed by atoms with van der Waals surface area (Å²) in [6, 6.07) is 64.3. The van der Waals surface area contributed by atoms with Gasteiger partial charge in [-0.1, -0.05) is 194 Å². The normalized spacial score (nSPS) is 11.1. The van der Waals surface area contributed by atoms with Gasteiger partial charge in [-0.3, -0.25) is 0 Å². The van der Waals surface area contributed by atoms with Gasteiger partial charge in [-0.2, -0.15) is 0 Å². The molecule has 0 aliphatic rings.